The zero-order valence-corrected chi connectivity index (χ0v) is 10.3. The molecule has 0 spiro atoms. The second-order valence-corrected chi connectivity index (χ2v) is 5.06. The molecule has 0 aliphatic heterocycles. The van der Waals surface area contributed by atoms with Gasteiger partial charge in [0.2, 0.25) is 0 Å². The molecule has 1 fully saturated rings. The summed E-state index contributed by atoms with van der Waals surface area (Å²) in [6.45, 7) is 6.00. The maximum Gasteiger partial charge on any atom is 0.0950 e. The summed E-state index contributed by atoms with van der Waals surface area (Å²) in [5, 5.41) is 0. The highest BCUT2D eigenvalue weighted by Crippen LogP contribution is 2.38. The van der Waals surface area contributed by atoms with E-state index >= 15 is 0 Å². The summed E-state index contributed by atoms with van der Waals surface area (Å²) in [4.78, 5) is 6.75. The molecule has 0 bridgehead atoms. The lowest BCUT2D eigenvalue weighted by Gasteiger charge is -2.14. The summed E-state index contributed by atoms with van der Waals surface area (Å²) < 4.78 is 2.06. The van der Waals surface area contributed by atoms with E-state index in [1.165, 1.54) is 13.0 Å². The van der Waals surface area contributed by atoms with Crippen molar-refractivity contribution in [2.75, 3.05) is 20.1 Å². The SMILES string of the molecule is CC1CC1CN(C)Cc1cn(CCN)cn1. The Bertz CT molecular complexity index is 334. The normalized spacial score (nSPS) is 24.0. The minimum atomic E-state index is 0.672. The minimum absolute atomic E-state index is 0.672. The van der Waals surface area contributed by atoms with Crippen LogP contribution in [0.4, 0.5) is 0 Å². The molecule has 0 saturated heterocycles. The van der Waals surface area contributed by atoms with Gasteiger partial charge in [0.1, 0.15) is 0 Å². The van der Waals surface area contributed by atoms with Gasteiger partial charge in [0, 0.05) is 32.4 Å². The fourth-order valence-corrected chi connectivity index (χ4v) is 2.15. The molecule has 2 N–H and O–H groups in total. The quantitative estimate of drug-likeness (QED) is 0.779. The zero-order chi connectivity index (χ0) is 11.5. The van der Waals surface area contributed by atoms with Crippen molar-refractivity contribution in [1.82, 2.24) is 14.5 Å². The number of hydrogen-bond donors (Lipinski definition) is 1. The lowest BCUT2D eigenvalue weighted by Crippen LogP contribution is -2.21. The van der Waals surface area contributed by atoms with Gasteiger partial charge >= 0.3 is 0 Å². The monoisotopic (exact) mass is 222 g/mol. The number of nitrogens with two attached hydrogens (primary N) is 1. The third-order valence-corrected chi connectivity index (χ3v) is 3.33. The van der Waals surface area contributed by atoms with Gasteiger partial charge in [-0.15, -0.1) is 0 Å². The molecule has 1 aliphatic carbocycles. The van der Waals surface area contributed by atoms with Gasteiger partial charge in [-0.25, -0.2) is 4.98 Å². The van der Waals surface area contributed by atoms with Crippen LogP contribution in [-0.4, -0.2) is 34.6 Å². The summed E-state index contributed by atoms with van der Waals surface area (Å²) in [7, 11) is 2.17. The topological polar surface area (TPSA) is 47.1 Å². The highest BCUT2D eigenvalue weighted by molar-refractivity contribution is 4.97. The molecule has 1 saturated carbocycles. The molecule has 90 valence electrons. The Hall–Kier alpha value is -0.870. The Morgan fingerprint density at radius 3 is 3.00 bits per heavy atom. The zero-order valence-electron chi connectivity index (χ0n) is 10.3. The first-order valence-electron chi connectivity index (χ1n) is 6.08. The van der Waals surface area contributed by atoms with Crippen LogP contribution >= 0.6 is 0 Å². The van der Waals surface area contributed by atoms with Crippen molar-refractivity contribution in [3.8, 4) is 0 Å². The molecule has 16 heavy (non-hydrogen) atoms. The first-order chi connectivity index (χ1) is 7.69. The van der Waals surface area contributed by atoms with E-state index in [0.717, 1.165) is 30.6 Å². The van der Waals surface area contributed by atoms with Crippen LogP contribution in [0.5, 0.6) is 0 Å². The Kier molecular flexibility index (Phi) is 3.61. The molecule has 1 aliphatic rings. The summed E-state index contributed by atoms with van der Waals surface area (Å²) in [5.41, 5.74) is 6.64. The molecule has 0 amide bonds. The standard InChI is InChI=1S/C12H22N4/c1-10-5-11(10)6-15(2)7-12-8-16(4-3-13)9-14-12/h8-11H,3-7,13H2,1-2H3. The maximum atomic E-state index is 5.50. The molecular weight excluding hydrogens is 200 g/mol. The van der Waals surface area contributed by atoms with Crippen LogP contribution in [0.15, 0.2) is 12.5 Å². The lowest BCUT2D eigenvalue weighted by molar-refractivity contribution is 0.304. The fourth-order valence-electron chi connectivity index (χ4n) is 2.15. The van der Waals surface area contributed by atoms with Gasteiger partial charge in [0.05, 0.1) is 12.0 Å². The second kappa shape index (κ2) is 4.97. The van der Waals surface area contributed by atoms with Crippen molar-refractivity contribution in [2.45, 2.75) is 26.4 Å². The number of hydrogen-bond acceptors (Lipinski definition) is 3. The number of rotatable bonds is 6. The molecule has 1 aromatic rings. The van der Waals surface area contributed by atoms with Crippen LogP contribution in [0.3, 0.4) is 0 Å². The molecule has 4 nitrogen and oxygen atoms in total. The average molecular weight is 222 g/mol. The predicted molar refractivity (Wildman–Crippen MR) is 64.9 cm³/mol. The van der Waals surface area contributed by atoms with Crippen LogP contribution in [0.1, 0.15) is 19.0 Å². The molecular formula is C12H22N4. The second-order valence-electron chi connectivity index (χ2n) is 5.06. The first kappa shape index (κ1) is 11.6. The van der Waals surface area contributed by atoms with Gasteiger partial charge < -0.3 is 15.2 Å². The van der Waals surface area contributed by atoms with E-state index in [9.17, 15) is 0 Å². The minimum Gasteiger partial charge on any atom is -0.336 e. The summed E-state index contributed by atoms with van der Waals surface area (Å²) in [5.74, 6) is 1.84. The van der Waals surface area contributed by atoms with Crippen LogP contribution in [0.2, 0.25) is 0 Å². The molecule has 4 heteroatoms. The third-order valence-electron chi connectivity index (χ3n) is 3.33. The van der Waals surface area contributed by atoms with Crippen LogP contribution in [-0.2, 0) is 13.1 Å². The third kappa shape index (κ3) is 3.06. The van der Waals surface area contributed by atoms with Gasteiger partial charge in [-0.2, -0.15) is 0 Å². The summed E-state index contributed by atoms with van der Waals surface area (Å²) in [6.07, 6.45) is 5.36. The molecule has 1 aromatic heterocycles. The Morgan fingerprint density at radius 2 is 2.38 bits per heavy atom. The van der Waals surface area contributed by atoms with Crippen molar-refractivity contribution in [3.05, 3.63) is 18.2 Å². The van der Waals surface area contributed by atoms with Gasteiger partial charge in [-0.1, -0.05) is 6.92 Å². The van der Waals surface area contributed by atoms with E-state index in [0.29, 0.717) is 6.54 Å². The van der Waals surface area contributed by atoms with E-state index < -0.39 is 0 Å². The highest BCUT2D eigenvalue weighted by atomic mass is 15.1. The summed E-state index contributed by atoms with van der Waals surface area (Å²) in [6, 6.07) is 0. The number of nitrogens with zero attached hydrogens (tertiary/aromatic N) is 3. The van der Waals surface area contributed by atoms with Crippen LogP contribution in [0, 0.1) is 11.8 Å². The first-order valence-corrected chi connectivity index (χ1v) is 6.08. The molecule has 2 atom stereocenters. The molecule has 1 heterocycles. The Balaban J connectivity index is 1.78. The average Bonchev–Trinajstić information content (AvgIpc) is 2.74. The molecule has 0 aromatic carbocycles. The van der Waals surface area contributed by atoms with Gasteiger partial charge in [-0.3, -0.25) is 0 Å². The highest BCUT2D eigenvalue weighted by Gasteiger charge is 2.33. The van der Waals surface area contributed by atoms with Crippen molar-refractivity contribution < 1.29 is 0 Å². The van der Waals surface area contributed by atoms with Crippen molar-refractivity contribution in [1.29, 1.82) is 0 Å². The van der Waals surface area contributed by atoms with Crippen molar-refractivity contribution >= 4 is 0 Å². The summed E-state index contributed by atoms with van der Waals surface area (Å²) >= 11 is 0. The van der Waals surface area contributed by atoms with E-state index in [4.69, 9.17) is 5.73 Å². The fraction of sp³-hybridized carbons (Fsp3) is 0.750. The predicted octanol–water partition coefficient (Wildman–Crippen LogP) is 0.930. The van der Waals surface area contributed by atoms with Crippen LogP contribution in [0.25, 0.3) is 0 Å². The maximum absolute atomic E-state index is 5.50. The Labute approximate surface area is 97.4 Å². The molecule has 2 unspecified atom stereocenters. The Morgan fingerprint density at radius 1 is 1.62 bits per heavy atom. The largest absolute Gasteiger partial charge is 0.336 e. The van der Waals surface area contributed by atoms with Crippen LogP contribution < -0.4 is 5.73 Å². The smallest absolute Gasteiger partial charge is 0.0950 e. The molecule has 2 rings (SSSR count). The van der Waals surface area contributed by atoms with E-state index in [-0.39, 0.29) is 0 Å². The lowest BCUT2D eigenvalue weighted by atomic mass is 10.3. The van der Waals surface area contributed by atoms with Gasteiger partial charge in [0.25, 0.3) is 0 Å². The van der Waals surface area contributed by atoms with E-state index in [1.807, 2.05) is 6.33 Å². The van der Waals surface area contributed by atoms with Crippen molar-refractivity contribution in [2.24, 2.45) is 17.6 Å². The van der Waals surface area contributed by atoms with E-state index in [2.05, 4.69) is 34.6 Å². The van der Waals surface area contributed by atoms with Gasteiger partial charge in [0.15, 0.2) is 0 Å². The van der Waals surface area contributed by atoms with Crippen molar-refractivity contribution in [3.63, 3.8) is 0 Å². The van der Waals surface area contributed by atoms with E-state index in [1.54, 1.807) is 0 Å². The number of imidazole rings is 1. The molecule has 0 radical (unpaired) electrons. The number of aromatic nitrogens is 2. The van der Waals surface area contributed by atoms with Gasteiger partial charge in [-0.05, 0) is 25.3 Å².